The van der Waals surface area contributed by atoms with Crippen molar-refractivity contribution in [3.63, 3.8) is 0 Å². The van der Waals surface area contributed by atoms with E-state index in [-0.39, 0.29) is 0 Å². The molecule has 0 spiro atoms. The van der Waals surface area contributed by atoms with Crippen molar-refractivity contribution in [1.29, 1.82) is 0 Å². The van der Waals surface area contributed by atoms with Crippen LogP contribution in [0.2, 0.25) is 0 Å². The van der Waals surface area contributed by atoms with Gasteiger partial charge in [0.1, 0.15) is 0 Å². The molecular weight excluding hydrogens is 252 g/mol. The molecule has 1 aliphatic rings. The predicted octanol–water partition coefficient (Wildman–Crippen LogP) is 5.80. The fraction of sp³-hybridized carbons (Fsp3) is 0.0476. The van der Waals surface area contributed by atoms with Crippen LogP contribution in [0.4, 0.5) is 0 Å². The maximum absolute atomic E-state index is 2.34. The normalized spacial score (nSPS) is 15.3. The number of allylic oxidation sites excluding steroid dienone is 2. The van der Waals surface area contributed by atoms with Crippen LogP contribution in [0.5, 0.6) is 0 Å². The Morgan fingerprint density at radius 1 is 0.762 bits per heavy atom. The lowest BCUT2D eigenvalue weighted by Gasteiger charge is -2.14. The van der Waals surface area contributed by atoms with Gasteiger partial charge in [0.05, 0.1) is 0 Å². The first-order chi connectivity index (χ1) is 10.4. The summed E-state index contributed by atoms with van der Waals surface area (Å²) in [6.45, 7) is 0. The molecule has 21 heavy (non-hydrogen) atoms. The monoisotopic (exact) mass is 268 g/mol. The second kappa shape index (κ2) is 5.06. The minimum atomic E-state index is 1.00. The highest BCUT2D eigenvalue weighted by Gasteiger charge is 2.09. The van der Waals surface area contributed by atoms with E-state index in [2.05, 4.69) is 85.0 Å². The zero-order valence-corrected chi connectivity index (χ0v) is 11.8. The van der Waals surface area contributed by atoms with Crippen molar-refractivity contribution < 1.29 is 0 Å². The molecule has 0 aliphatic heterocycles. The Hall–Kier alpha value is -2.60. The fourth-order valence-corrected chi connectivity index (χ4v) is 3.06. The summed E-state index contributed by atoms with van der Waals surface area (Å²) >= 11 is 0. The van der Waals surface area contributed by atoms with Crippen LogP contribution >= 0.6 is 0 Å². The molecule has 0 nitrogen and oxygen atoms in total. The molecule has 0 saturated carbocycles. The van der Waals surface area contributed by atoms with Gasteiger partial charge in [-0.15, -0.1) is 0 Å². The lowest BCUT2D eigenvalue weighted by molar-refractivity contribution is 1.37. The van der Waals surface area contributed by atoms with Crippen LogP contribution in [-0.2, 0) is 0 Å². The van der Waals surface area contributed by atoms with Crippen LogP contribution in [0.25, 0.3) is 28.5 Å². The average molecular weight is 268 g/mol. The average Bonchev–Trinajstić information content (AvgIpc) is 2.56. The SMILES string of the molecule is C1=Cc2ccccc2C(=Cc2cccc3ccccc23)C1. The molecule has 0 bridgehead atoms. The van der Waals surface area contributed by atoms with E-state index in [4.69, 9.17) is 0 Å². The molecule has 0 atom stereocenters. The van der Waals surface area contributed by atoms with Gasteiger partial charge in [0.2, 0.25) is 0 Å². The van der Waals surface area contributed by atoms with Crippen molar-refractivity contribution in [2.45, 2.75) is 6.42 Å². The van der Waals surface area contributed by atoms with E-state index < -0.39 is 0 Å². The van der Waals surface area contributed by atoms with Crippen LogP contribution in [0.3, 0.4) is 0 Å². The standard InChI is InChI=1S/C21H16/c1-3-13-20-16(7-1)9-5-11-18(20)15-19-12-6-10-17-8-2-4-14-21(17)19/h1-11,13-15H,12H2. The summed E-state index contributed by atoms with van der Waals surface area (Å²) in [4.78, 5) is 0. The van der Waals surface area contributed by atoms with Crippen molar-refractivity contribution in [3.05, 3.63) is 89.5 Å². The first-order valence-corrected chi connectivity index (χ1v) is 7.36. The maximum atomic E-state index is 2.34. The van der Waals surface area contributed by atoms with Gasteiger partial charge in [0.15, 0.2) is 0 Å². The zero-order valence-electron chi connectivity index (χ0n) is 11.8. The summed E-state index contributed by atoms with van der Waals surface area (Å²) in [6.07, 6.45) is 7.81. The number of fused-ring (bicyclic) bond motifs is 2. The van der Waals surface area contributed by atoms with Gasteiger partial charge >= 0.3 is 0 Å². The van der Waals surface area contributed by atoms with Gasteiger partial charge in [0.25, 0.3) is 0 Å². The van der Waals surface area contributed by atoms with Crippen molar-refractivity contribution in [1.82, 2.24) is 0 Å². The molecular formula is C21H16. The van der Waals surface area contributed by atoms with E-state index >= 15 is 0 Å². The van der Waals surface area contributed by atoms with Gasteiger partial charge in [-0.1, -0.05) is 85.0 Å². The van der Waals surface area contributed by atoms with Gasteiger partial charge in [-0.2, -0.15) is 0 Å². The molecule has 3 aromatic carbocycles. The molecule has 0 N–H and O–H groups in total. The van der Waals surface area contributed by atoms with Crippen molar-refractivity contribution in [2.75, 3.05) is 0 Å². The number of benzene rings is 3. The molecule has 3 aromatic rings. The van der Waals surface area contributed by atoms with Gasteiger partial charge in [-0.25, -0.2) is 0 Å². The minimum absolute atomic E-state index is 1.00. The van der Waals surface area contributed by atoms with Crippen LogP contribution in [-0.4, -0.2) is 0 Å². The lowest BCUT2D eigenvalue weighted by atomic mass is 9.90. The molecule has 0 unspecified atom stereocenters. The van der Waals surface area contributed by atoms with Crippen LogP contribution in [0.1, 0.15) is 23.1 Å². The molecule has 0 heteroatoms. The molecule has 100 valence electrons. The predicted molar refractivity (Wildman–Crippen MR) is 91.9 cm³/mol. The summed E-state index contributed by atoms with van der Waals surface area (Å²) in [5.74, 6) is 0. The maximum Gasteiger partial charge on any atom is -0.00877 e. The Morgan fingerprint density at radius 2 is 1.57 bits per heavy atom. The molecule has 0 amide bonds. The second-order valence-electron chi connectivity index (χ2n) is 5.43. The Balaban J connectivity index is 1.90. The van der Waals surface area contributed by atoms with Gasteiger partial charge in [-0.05, 0) is 39.5 Å². The smallest absolute Gasteiger partial charge is 0.00877 e. The van der Waals surface area contributed by atoms with E-state index in [1.54, 1.807) is 0 Å². The molecule has 0 fully saturated rings. The van der Waals surface area contributed by atoms with Gasteiger partial charge in [-0.3, -0.25) is 0 Å². The van der Waals surface area contributed by atoms with Crippen molar-refractivity contribution in [3.8, 4) is 0 Å². The quantitative estimate of drug-likeness (QED) is 0.523. The Labute approximate surface area is 125 Å². The number of hydrogen-bond acceptors (Lipinski definition) is 0. The Bertz CT molecular complexity index is 861. The van der Waals surface area contributed by atoms with Gasteiger partial charge < -0.3 is 0 Å². The largest absolute Gasteiger partial charge is 0.0795 e. The molecule has 0 aromatic heterocycles. The van der Waals surface area contributed by atoms with Crippen LogP contribution in [0, 0.1) is 0 Å². The number of rotatable bonds is 1. The highest BCUT2D eigenvalue weighted by molar-refractivity contribution is 5.97. The summed E-state index contributed by atoms with van der Waals surface area (Å²) in [7, 11) is 0. The molecule has 0 saturated heterocycles. The van der Waals surface area contributed by atoms with E-state index in [0.717, 1.165) is 6.42 Å². The zero-order chi connectivity index (χ0) is 14.1. The highest BCUT2D eigenvalue weighted by atomic mass is 14.1. The molecule has 4 rings (SSSR count). The van der Waals surface area contributed by atoms with Crippen molar-refractivity contribution >= 4 is 28.5 Å². The van der Waals surface area contributed by atoms with Crippen LogP contribution in [0.15, 0.2) is 72.8 Å². The first kappa shape index (κ1) is 12.2. The van der Waals surface area contributed by atoms with E-state index in [0.29, 0.717) is 0 Å². The molecule has 1 aliphatic carbocycles. The first-order valence-electron chi connectivity index (χ1n) is 7.36. The Kier molecular flexibility index (Phi) is 2.93. The highest BCUT2D eigenvalue weighted by Crippen LogP contribution is 2.31. The van der Waals surface area contributed by atoms with E-state index in [1.807, 2.05) is 0 Å². The van der Waals surface area contributed by atoms with Gasteiger partial charge in [0, 0.05) is 0 Å². The fourth-order valence-electron chi connectivity index (χ4n) is 3.06. The summed E-state index contributed by atoms with van der Waals surface area (Å²) in [5, 5.41) is 2.62. The third-order valence-corrected chi connectivity index (χ3v) is 4.10. The second-order valence-corrected chi connectivity index (χ2v) is 5.43. The topological polar surface area (TPSA) is 0 Å². The number of hydrogen-bond donors (Lipinski definition) is 0. The van der Waals surface area contributed by atoms with Crippen molar-refractivity contribution in [2.24, 2.45) is 0 Å². The molecule has 0 heterocycles. The van der Waals surface area contributed by atoms with E-state index in [1.165, 1.54) is 33.0 Å². The minimum Gasteiger partial charge on any atom is -0.0795 e. The Morgan fingerprint density at radius 3 is 2.57 bits per heavy atom. The molecule has 0 radical (unpaired) electrons. The summed E-state index contributed by atoms with van der Waals surface area (Å²) < 4.78 is 0. The lowest BCUT2D eigenvalue weighted by Crippen LogP contribution is -1.93. The summed E-state index contributed by atoms with van der Waals surface area (Å²) in [6, 6.07) is 23.7. The van der Waals surface area contributed by atoms with Crippen LogP contribution < -0.4 is 0 Å². The third-order valence-electron chi connectivity index (χ3n) is 4.10. The summed E-state index contributed by atoms with van der Waals surface area (Å²) in [5.41, 5.74) is 5.36. The third kappa shape index (κ3) is 2.19. The van der Waals surface area contributed by atoms with E-state index in [9.17, 15) is 0 Å².